The van der Waals surface area contributed by atoms with Crippen molar-refractivity contribution in [1.29, 1.82) is 10.5 Å². The van der Waals surface area contributed by atoms with Crippen molar-refractivity contribution in [3.63, 3.8) is 0 Å². The van der Waals surface area contributed by atoms with Gasteiger partial charge in [-0.3, -0.25) is 0 Å². The van der Waals surface area contributed by atoms with E-state index in [-0.39, 0.29) is 5.57 Å². The molecule has 1 fully saturated rings. The number of anilines is 2. The van der Waals surface area contributed by atoms with E-state index in [4.69, 9.17) is 10.5 Å². The monoisotopic (exact) mass is 267 g/mol. The summed E-state index contributed by atoms with van der Waals surface area (Å²) in [5.74, 6) is 0. The predicted molar refractivity (Wildman–Crippen MR) is 79.1 cm³/mol. The van der Waals surface area contributed by atoms with Crippen molar-refractivity contribution in [2.24, 2.45) is 0 Å². The summed E-state index contributed by atoms with van der Waals surface area (Å²) in [6.45, 7) is 4.24. The average Bonchev–Trinajstić information content (AvgIpc) is 2.50. The van der Waals surface area contributed by atoms with Crippen LogP contribution in [-0.2, 0) is 0 Å². The molecule has 0 bridgehead atoms. The minimum atomic E-state index is 0.0631. The number of hydrogen-bond donors (Lipinski definition) is 1. The molecule has 0 aliphatic carbocycles. The molecule has 0 unspecified atom stereocenters. The largest absolute Gasteiger partial charge is 0.369 e. The summed E-state index contributed by atoms with van der Waals surface area (Å²) in [4.78, 5) is 4.68. The lowest BCUT2D eigenvalue weighted by Gasteiger charge is -2.34. The van der Waals surface area contributed by atoms with Crippen molar-refractivity contribution >= 4 is 11.4 Å². The van der Waals surface area contributed by atoms with E-state index < -0.39 is 0 Å². The zero-order valence-electron chi connectivity index (χ0n) is 11.5. The molecule has 2 rings (SSSR count). The van der Waals surface area contributed by atoms with Crippen molar-refractivity contribution in [3.05, 3.63) is 36.0 Å². The number of likely N-dealkylation sites (N-methyl/N-ethyl adjacent to an activating group) is 1. The Hall–Kier alpha value is -2.50. The molecular weight excluding hydrogens is 250 g/mol. The van der Waals surface area contributed by atoms with Gasteiger partial charge >= 0.3 is 0 Å². The van der Waals surface area contributed by atoms with E-state index in [1.54, 1.807) is 0 Å². The highest BCUT2D eigenvalue weighted by Crippen LogP contribution is 2.19. The van der Waals surface area contributed by atoms with Crippen LogP contribution in [0.2, 0.25) is 0 Å². The fourth-order valence-corrected chi connectivity index (χ4v) is 2.08. The number of hydrogen-bond acceptors (Lipinski definition) is 5. The summed E-state index contributed by atoms with van der Waals surface area (Å²) in [7, 11) is 2.14. The number of nitriles is 2. The van der Waals surface area contributed by atoms with Gasteiger partial charge in [0.2, 0.25) is 0 Å². The maximum atomic E-state index is 8.65. The first-order chi connectivity index (χ1) is 9.72. The van der Waals surface area contributed by atoms with Gasteiger partial charge in [0.1, 0.15) is 17.7 Å². The molecule has 1 aromatic rings. The molecule has 1 saturated heterocycles. The fraction of sp³-hybridized carbons (Fsp3) is 0.333. The van der Waals surface area contributed by atoms with Gasteiger partial charge in [-0.25, -0.2) is 0 Å². The SMILES string of the molecule is CN1CCN(c2ccc(NC=C(C#N)C#N)cc2)CC1. The van der Waals surface area contributed by atoms with Crippen molar-refractivity contribution < 1.29 is 0 Å². The molecule has 0 radical (unpaired) electrons. The van der Waals surface area contributed by atoms with E-state index in [2.05, 4.69) is 34.3 Å². The first-order valence-corrected chi connectivity index (χ1v) is 6.53. The molecule has 1 heterocycles. The van der Waals surface area contributed by atoms with Gasteiger partial charge in [-0.15, -0.1) is 0 Å². The van der Waals surface area contributed by atoms with Crippen LogP contribution in [0.15, 0.2) is 36.0 Å². The van der Waals surface area contributed by atoms with Crippen LogP contribution in [0, 0.1) is 22.7 Å². The minimum Gasteiger partial charge on any atom is -0.369 e. The van der Waals surface area contributed by atoms with Gasteiger partial charge in [0.05, 0.1) is 0 Å². The Morgan fingerprint density at radius 1 is 1.10 bits per heavy atom. The van der Waals surface area contributed by atoms with Gasteiger partial charge in [0.15, 0.2) is 0 Å². The molecule has 20 heavy (non-hydrogen) atoms. The fourth-order valence-electron chi connectivity index (χ4n) is 2.08. The molecule has 5 heteroatoms. The van der Waals surface area contributed by atoms with Gasteiger partial charge in [-0.1, -0.05) is 0 Å². The second kappa shape index (κ2) is 6.60. The van der Waals surface area contributed by atoms with E-state index in [0.717, 1.165) is 31.9 Å². The number of benzene rings is 1. The Morgan fingerprint density at radius 3 is 2.25 bits per heavy atom. The standard InChI is InChI=1S/C15H17N5/c1-19-6-8-20(9-7-19)15-4-2-14(3-5-15)18-12-13(10-16)11-17/h2-5,12,18H,6-9H2,1H3. The van der Waals surface area contributed by atoms with Crippen LogP contribution >= 0.6 is 0 Å². The lowest BCUT2D eigenvalue weighted by atomic mass is 10.2. The third kappa shape index (κ3) is 3.50. The number of piperazine rings is 1. The van der Waals surface area contributed by atoms with Crippen molar-refractivity contribution in [2.45, 2.75) is 0 Å². The summed E-state index contributed by atoms with van der Waals surface area (Å²) in [6.07, 6.45) is 1.42. The van der Waals surface area contributed by atoms with E-state index in [1.807, 2.05) is 24.3 Å². The van der Waals surface area contributed by atoms with E-state index in [9.17, 15) is 0 Å². The van der Waals surface area contributed by atoms with Gasteiger partial charge in [0, 0.05) is 43.8 Å². The topological polar surface area (TPSA) is 66.1 Å². The van der Waals surface area contributed by atoms with E-state index in [1.165, 1.54) is 11.9 Å². The smallest absolute Gasteiger partial charge is 0.145 e. The molecule has 0 spiro atoms. The Labute approximate surface area is 119 Å². The predicted octanol–water partition coefficient (Wildman–Crippen LogP) is 1.78. The van der Waals surface area contributed by atoms with Gasteiger partial charge < -0.3 is 15.1 Å². The maximum Gasteiger partial charge on any atom is 0.145 e. The molecule has 0 aromatic heterocycles. The summed E-state index contributed by atoms with van der Waals surface area (Å²) < 4.78 is 0. The molecule has 0 atom stereocenters. The average molecular weight is 267 g/mol. The van der Waals surface area contributed by atoms with E-state index in [0.29, 0.717) is 0 Å². The van der Waals surface area contributed by atoms with Gasteiger partial charge in [0.25, 0.3) is 0 Å². The Bertz CT molecular complexity index is 537. The van der Waals surface area contributed by atoms with Crippen LogP contribution in [0.25, 0.3) is 0 Å². The van der Waals surface area contributed by atoms with E-state index >= 15 is 0 Å². The van der Waals surface area contributed by atoms with Crippen LogP contribution < -0.4 is 10.2 Å². The number of allylic oxidation sites excluding steroid dienone is 1. The summed E-state index contributed by atoms with van der Waals surface area (Å²) in [6, 6.07) is 11.6. The van der Waals surface area contributed by atoms with Crippen LogP contribution in [0.1, 0.15) is 0 Å². The normalized spacial score (nSPS) is 15.1. The highest BCUT2D eigenvalue weighted by Gasteiger charge is 2.13. The highest BCUT2D eigenvalue weighted by molar-refractivity contribution is 5.57. The second-order valence-electron chi connectivity index (χ2n) is 4.76. The molecule has 5 nitrogen and oxygen atoms in total. The maximum absolute atomic E-state index is 8.65. The summed E-state index contributed by atoms with van der Waals surface area (Å²) >= 11 is 0. The first-order valence-electron chi connectivity index (χ1n) is 6.53. The molecule has 0 amide bonds. The molecule has 0 saturated carbocycles. The quantitative estimate of drug-likeness (QED) is 0.846. The molecular formula is C15H17N5. The molecule has 1 aliphatic heterocycles. The van der Waals surface area contributed by atoms with Crippen LogP contribution in [0.3, 0.4) is 0 Å². The minimum absolute atomic E-state index is 0.0631. The van der Waals surface area contributed by atoms with Crippen LogP contribution in [0.5, 0.6) is 0 Å². The zero-order valence-corrected chi connectivity index (χ0v) is 11.5. The number of nitrogens with one attached hydrogen (secondary N) is 1. The second-order valence-corrected chi connectivity index (χ2v) is 4.76. The van der Waals surface area contributed by atoms with Crippen molar-refractivity contribution in [3.8, 4) is 12.1 Å². The van der Waals surface area contributed by atoms with Crippen molar-refractivity contribution in [1.82, 2.24) is 4.90 Å². The Balaban J connectivity index is 1.99. The molecule has 1 N–H and O–H groups in total. The number of rotatable bonds is 3. The highest BCUT2D eigenvalue weighted by atomic mass is 15.2. The van der Waals surface area contributed by atoms with Crippen molar-refractivity contribution in [2.75, 3.05) is 43.4 Å². The van der Waals surface area contributed by atoms with Gasteiger partial charge in [-0.2, -0.15) is 10.5 Å². The number of nitrogens with zero attached hydrogens (tertiary/aromatic N) is 4. The third-order valence-corrected chi connectivity index (χ3v) is 3.36. The molecule has 102 valence electrons. The lowest BCUT2D eigenvalue weighted by Crippen LogP contribution is -2.44. The lowest BCUT2D eigenvalue weighted by molar-refractivity contribution is 0.313. The zero-order chi connectivity index (χ0) is 14.4. The summed E-state index contributed by atoms with van der Waals surface area (Å²) in [5.41, 5.74) is 2.13. The Morgan fingerprint density at radius 2 is 1.70 bits per heavy atom. The van der Waals surface area contributed by atoms with Crippen LogP contribution in [0.4, 0.5) is 11.4 Å². The Kier molecular flexibility index (Phi) is 4.60. The first kappa shape index (κ1) is 13.9. The molecule has 1 aliphatic rings. The third-order valence-electron chi connectivity index (χ3n) is 3.36. The van der Waals surface area contributed by atoms with Crippen LogP contribution in [-0.4, -0.2) is 38.1 Å². The van der Waals surface area contributed by atoms with Gasteiger partial charge in [-0.05, 0) is 31.3 Å². The summed E-state index contributed by atoms with van der Waals surface area (Å²) in [5, 5.41) is 20.2. The molecule has 1 aromatic carbocycles.